The molecule has 2 unspecified atom stereocenters. The minimum Gasteiger partial charge on any atom is -0.386 e. The number of phosphoric acid groups is 3. The summed E-state index contributed by atoms with van der Waals surface area (Å²) in [4.78, 5) is 86.6. The molecule has 1 aliphatic heterocycles. The van der Waals surface area contributed by atoms with E-state index in [0.29, 0.717) is 0 Å². The van der Waals surface area contributed by atoms with Crippen LogP contribution in [-0.2, 0) is 50.7 Å². The molecule has 53 heavy (non-hydrogen) atoms. The predicted octanol–water partition coefficient (Wildman–Crippen LogP) is -1.31. The van der Waals surface area contributed by atoms with Gasteiger partial charge >= 0.3 is 23.5 Å². The number of nitrogen functional groups attached to an aromatic ring is 1. The van der Waals surface area contributed by atoms with E-state index in [4.69, 9.17) is 19.5 Å². The van der Waals surface area contributed by atoms with Gasteiger partial charge in [0.25, 0.3) is 5.12 Å². The minimum atomic E-state index is -5.57. The van der Waals surface area contributed by atoms with Crippen LogP contribution in [0.25, 0.3) is 11.2 Å². The van der Waals surface area contributed by atoms with Crippen LogP contribution in [0.4, 0.5) is 5.82 Å². The number of aromatic nitrogens is 4. The number of nitrogens with two attached hydrogens (primary N) is 1. The number of nitrogens with one attached hydrogen (secondary N) is 2. The number of carbonyl (C=O) groups is 3. The Hall–Kier alpha value is -2.88. The molecule has 296 valence electrons. The summed E-state index contributed by atoms with van der Waals surface area (Å²) in [5.74, 6) is 3.58. The van der Waals surface area contributed by atoms with E-state index in [0.717, 1.165) is 29.0 Å². The summed E-state index contributed by atoms with van der Waals surface area (Å²) in [7, 11) is -16.4. The Morgan fingerprint density at radius 3 is 2.43 bits per heavy atom. The molecule has 0 radical (unpaired) electrons. The highest BCUT2D eigenvalue weighted by Crippen LogP contribution is 2.61. The first-order valence-electron chi connectivity index (χ1n) is 15.0. The number of hydrogen-bond donors (Lipinski definition) is 9. The Balaban J connectivity index is 1.53. The Labute approximate surface area is 305 Å². The van der Waals surface area contributed by atoms with E-state index >= 15 is 0 Å². The van der Waals surface area contributed by atoms with Crippen LogP contribution in [0.2, 0.25) is 0 Å². The topological polar surface area (TPSA) is 364 Å². The van der Waals surface area contributed by atoms with Crippen LogP contribution >= 0.6 is 35.2 Å². The second-order valence-corrected chi connectivity index (χ2v) is 16.9. The average Bonchev–Trinajstić information content (AvgIpc) is 3.61. The first-order valence-corrected chi connectivity index (χ1v) is 20.5. The van der Waals surface area contributed by atoms with Crippen LogP contribution < -0.4 is 16.4 Å². The number of rotatable bonds is 19. The third kappa shape index (κ3) is 13.4. The number of imidazole rings is 1. The molecular weight excluding hydrogens is 795 g/mol. The third-order valence-electron chi connectivity index (χ3n) is 6.96. The van der Waals surface area contributed by atoms with Gasteiger partial charge in [-0.05, 0) is 12.8 Å². The highest BCUT2D eigenvalue weighted by atomic mass is 32.2. The van der Waals surface area contributed by atoms with Crippen LogP contribution in [0.3, 0.4) is 0 Å². The number of aliphatic hydroxyl groups excluding tert-OH is 2. The number of aliphatic hydroxyl groups is 2. The molecule has 24 nitrogen and oxygen atoms in total. The van der Waals surface area contributed by atoms with E-state index in [2.05, 4.69) is 46.3 Å². The zero-order chi connectivity index (χ0) is 39.8. The average molecular weight is 834 g/mol. The first-order chi connectivity index (χ1) is 24.6. The number of hydrogen-bond acceptors (Lipinski definition) is 18. The maximum absolute atomic E-state index is 12.6. The van der Waals surface area contributed by atoms with Crippen LogP contribution in [0.1, 0.15) is 33.4 Å². The van der Waals surface area contributed by atoms with Gasteiger partial charge in [0.2, 0.25) is 11.8 Å². The zero-order valence-electron chi connectivity index (χ0n) is 28.1. The quantitative estimate of drug-likeness (QED) is 0.0450. The van der Waals surface area contributed by atoms with Crippen molar-refractivity contribution in [1.29, 1.82) is 0 Å². The van der Waals surface area contributed by atoms with E-state index in [1.54, 1.807) is 0 Å². The Morgan fingerprint density at radius 1 is 1.09 bits per heavy atom. The number of amides is 2. The van der Waals surface area contributed by atoms with Crippen molar-refractivity contribution in [3.63, 3.8) is 0 Å². The summed E-state index contributed by atoms with van der Waals surface area (Å²) in [6.07, 6.45) is -6.94. The number of fused-ring (bicyclic) bond motifs is 1. The summed E-state index contributed by atoms with van der Waals surface area (Å²) in [5.41, 5.74) is 4.25. The highest BCUT2D eigenvalue weighted by Gasteiger charge is 2.50. The van der Waals surface area contributed by atoms with Crippen molar-refractivity contribution in [2.75, 3.05) is 37.8 Å². The summed E-state index contributed by atoms with van der Waals surface area (Å²) < 4.78 is 61.9. The fraction of sp³-hybridized carbons (Fsp3) is 0.600. The van der Waals surface area contributed by atoms with E-state index in [1.807, 2.05) is 0 Å². The molecule has 0 aromatic carbocycles. The fourth-order valence-electron chi connectivity index (χ4n) is 4.41. The normalized spacial score (nSPS) is 21.9. The summed E-state index contributed by atoms with van der Waals surface area (Å²) >= 11 is 0.921. The Kier molecular flexibility index (Phi) is 15.7. The van der Waals surface area contributed by atoms with E-state index < -0.39 is 84.6 Å². The van der Waals surface area contributed by atoms with E-state index in [9.17, 15) is 57.9 Å². The van der Waals surface area contributed by atoms with Gasteiger partial charge in [0.05, 0.1) is 19.5 Å². The number of nitrogens with zero attached hydrogens (tertiary/aromatic N) is 4. The van der Waals surface area contributed by atoms with Crippen LogP contribution in [0.5, 0.6) is 0 Å². The molecule has 28 heteroatoms. The third-order valence-corrected chi connectivity index (χ3v) is 10.8. The van der Waals surface area contributed by atoms with Gasteiger partial charge < -0.3 is 50.9 Å². The van der Waals surface area contributed by atoms with Gasteiger partial charge in [-0.2, -0.15) is 4.31 Å². The lowest BCUT2D eigenvalue weighted by Crippen LogP contribution is -2.46. The van der Waals surface area contributed by atoms with Crippen molar-refractivity contribution in [3.8, 4) is 11.8 Å². The van der Waals surface area contributed by atoms with Crippen molar-refractivity contribution in [3.05, 3.63) is 12.7 Å². The zero-order valence-corrected chi connectivity index (χ0v) is 31.6. The lowest BCUT2D eigenvalue weighted by atomic mass is 9.87. The van der Waals surface area contributed by atoms with Crippen molar-refractivity contribution >= 4 is 69.1 Å². The standard InChI is InChI=1S/C25H38N7O17P3S/c1-4-5-16(34)53-9-8-27-15(33)6-7-28-23(37)20(36)25(2,3)11-46-52(43,44)49-51(41,42)45-10-14-19(48-50(38,39)40)18(35)24(47-14)32-13-31-17-21(26)29-12-30-22(17)32/h12-14,18-20,24,35-36H,6-11H2,1-3H3,(H,27,33)(H,28,37)(H,41,42)(H,43,44)(H2,26,29,30)(H2,38,39,40)/t14-,18-,19-,20+,24-/m1/s1. The molecule has 2 aromatic rings. The number of phosphoric ester groups is 3. The molecule has 3 rings (SSSR count). The largest absolute Gasteiger partial charge is 0.481 e. The van der Waals surface area contributed by atoms with Crippen LogP contribution in [0.15, 0.2) is 12.7 Å². The molecular formula is C25H38N7O17P3S. The predicted molar refractivity (Wildman–Crippen MR) is 181 cm³/mol. The molecule has 3 heterocycles. The molecule has 7 atom stereocenters. The maximum atomic E-state index is 12.6. The molecule has 0 aliphatic carbocycles. The number of ether oxygens (including phenoxy) is 1. The van der Waals surface area contributed by atoms with E-state index in [1.165, 1.54) is 20.8 Å². The SMILES string of the molecule is CC#CC(=O)SCCNC(=O)CCNC(=O)[C@H](O)C(C)(C)COP(=O)(O)OP(=O)(O)OC[C@H]1O[C@@H](n2cnc3c(N)ncnc32)[C@H](O)[C@@H]1OP(=O)(O)O. The summed E-state index contributed by atoms with van der Waals surface area (Å²) in [5, 5.41) is 25.9. The summed E-state index contributed by atoms with van der Waals surface area (Å²) in [6.45, 7) is 1.93. The Bertz CT molecular complexity index is 1850. The monoisotopic (exact) mass is 833 g/mol. The Morgan fingerprint density at radius 2 is 1.77 bits per heavy atom. The van der Waals surface area contributed by atoms with Crippen molar-refractivity contribution in [1.82, 2.24) is 30.2 Å². The molecule has 2 aromatic heterocycles. The molecule has 10 N–H and O–H groups in total. The first kappa shape index (κ1) is 44.5. The molecule has 0 spiro atoms. The molecule has 0 bridgehead atoms. The van der Waals surface area contributed by atoms with Crippen molar-refractivity contribution < 1.29 is 80.5 Å². The minimum absolute atomic E-state index is 0.0285. The summed E-state index contributed by atoms with van der Waals surface area (Å²) in [6, 6.07) is 0. The van der Waals surface area contributed by atoms with Crippen LogP contribution in [0, 0.1) is 17.3 Å². The smallest absolute Gasteiger partial charge is 0.386 e. The van der Waals surface area contributed by atoms with Gasteiger partial charge in [-0.1, -0.05) is 31.5 Å². The fourth-order valence-corrected chi connectivity index (χ4v) is 7.80. The lowest BCUT2D eigenvalue weighted by molar-refractivity contribution is -0.137. The maximum Gasteiger partial charge on any atom is 0.481 e. The molecule has 0 saturated carbocycles. The van der Waals surface area contributed by atoms with Crippen LogP contribution in [-0.4, -0.2) is 123 Å². The number of carbonyl (C=O) groups excluding carboxylic acids is 3. The second kappa shape index (κ2) is 18.6. The van der Waals surface area contributed by atoms with Gasteiger partial charge in [-0.25, -0.2) is 28.6 Å². The van der Waals surface area contributed by atoms with Gasteiger partial charge in [0.1, 0.15) is 36.3 Å². The molecule has 1 fully saturated rings. The lowest BCUT2D eigenvalue weighted by Gasteiger charge is -2.30. The van der Waals surface area contributed by atoms with E-state index in [-0.39, 0.29) is 47.4 Å². The van der Waals surface area contributed by atoms with Gasteiger partial charge in [0.15, 0.2) is 17.7 Å². The van der Waals surface area contributed by atoms with Crippen molar-refractivity contribution in [2.45, 2.75) is 57.8 Å². The number of anilines is 1. The second-order valence-electron chi connectivity index (χ2n) is 11.6. The van der Waals surface area contributed by atoms with Gasteiger partial charge in [-0.3, -0.25) is 32.5 Å². The number of thioether (sulfide) groups is 1. The van der Waals surface area contributed by atoms with Gasteiger partial charge in [0, 0.05) is 30.7 Å². The molecule has 1 saturated heterocycles. The van der Waals surface area contributed by atoms with Gasteiger partial charge in [-0.15, -0.1) is 0 Å². The molecule has 2 amide bonds. The highest BCUT2D eigenvalue weighted by molar-refractivity contribution is 8.14. The van der Waals surface area contributed by atoms with Crippen molar-refractivity contribution in [2.24, 2.45) is 5.41 Å². The molecule has 1 aliphatic rings.